The fourth-order valence-corrected chi connectivity index (χ4v) is 5.48. The second-order valence-electron chi connectivity index (χ2n) is 8.32. The number of anilines is 1. The Hall–Kier alpha value is -1.34. The lowest BCUT2D eigenvalue weighted by atomic mass is 10.1. The SMILES string of the molecule is CSc1cc2c(cc1O)SN(C)C(COCc1ccccc1)CN2CCCC1CC1. The number of aromatic hydroxyl groups is 1. The summed E-state index contributed by atoms with van der Waals surface area (Å²) >= 11 is 3.32. The van der Waals surface area contributed by atoms with E-state index in [0.717, 1.165) is 28.8 Å². The van der Waals surface area contributed by atoms with Gasteiger partial charge in [-0.05, 0) is 61.7 Å². The maximum atomic E-state index is 10.4. The van der Waals surface area contributed by atoms with Gasteiger partial charge in [0.2, 0.25) is 0 Å². The normalized spacial score (nSPS) is 19.5. The third-order valence-electron chi connectivity index (χ3n) is 5.95. The number of benzene rings is 2. The van der Waals surface area contributed by atoms with Crippen molar-refractivity contribution in [2.75, 3.05) is 37.9 Å². The van der Waals surface area contributed by atoms with Crippen LogP contribution in [0.5, 0.6) is 5.75 Å². The van der Waals surface area contributed by atoms with Crippen LogP contribution in [0, 0.1) is 5.92 Å². The fraction of sp³-hybridized carbons (Fsp3) is 0.500. The van der Waals surface area contributed by atoms with Gasteiger partial charge in [0.1, 0.15) is 5.75 Å². The van der Waals surface area contributed by atoms with Crippen LogP contribution in [0.3, 0.4) is 0 Å². The first-order valence-corrected chi connectivity index (χ1v) is 12.8. The largest absolute Gasteiger partial charge is 0.507 e. The standard InChI is InChI=1S/C24H32N2O2S2/c1-25-20(17-28-16-19-7-4-3-5-8-19)15-26(12-6-9-18-10-11-18)21-13-24(29-2)22(27)14-23(21)30-25/h3-5,7-8,13-14,18,20,27H,6,9-12,15-17H2,1-2H3. The third kappa shape index (κ3) is 5.67. The summed E-state index contributed by atoms with van der Waals surface area (Å²) in [5.74, 6) is 1.33. The molecule has 1 aliphatic carbocycles. The summed E-state index contributed by atoms with van der Waals surface area (Å²) in [6.07, 6.45) is 7.41. The van der Waals surface area contributed by atoms with Crippen LogP contribution in [-0.4, -0.2) is 48.5 Å². The van der Waals surface area contributed by atoms with Crippen LogP contribution < -0.4 is 4.90 Å². The van der Waals surface area contributed by atoms with Crippen molar-refractivity contribution in [2.45, 2.75) is 48.1 Å². The van der Waals surface area contributed by atoms with Crippen molar-refractivity contribution < 1.29 is 9.84 Å². The average molecular weight is 445 g/mol. The third-order valence-corrected chi connectivity index (χ3v) is 7.82. The molecule has 0 aromatic heterocycles. The van der Waals surface area contributed by atoms with E-state index in [4.69, 9.17) is 4.74 Å². The van der Waals surface area contributed by atoms with Gasteiger partial charge in [-0.2, -0.15) is 0 Å². The molecular weight excluding hydrogens is 412 g/mol. The number of thioether (sulfide) groups is 1. The lowest BCUT2D eigenvalue weighted by molar-refractivity contribution is 0.0868. The van der Waals surface area contributed by atoms with Crippen molar-refractivity contribution >= 4 is 29.4 Å². The minimum atomic E-state index is 0.284. The summed E-state index contributed by atoms with van der Waals surface area (Å²) in [5.41, 5.74) is 2.45. The molecule has 30 heavy (non-hydrogen) atoms. The zero-order valence-corrected chi connectivity index (χ0v) is 19.6. The van der Waals surface area contributed by atoms with Crippen LogP contribution >= 0.6 is 23.7 Å². The van der Waals surface area contributed by atoms with Gasteiger partial charge in [0, 0.05) is 13.1 Å². The van der Waals surface area contributed by atoms with E-state index < -0.39 is 0 Å². The van der Waals surface area contributed by atoms with E-state index in [1.807, 2.05) is 18.4 Å². The highest BCUT2D eigenvalue weighted by molar-refractivity contribution is 7.98. The van der Waals surface area contributed by atoms with E-state index in [1.54, 1.807) is 23.7 Å². The van der Waals surface area contributed by atoms with E-state index in [1.165, 1.54) is 36.9 Å². The first kappa shape index (κ1) is 21.9. The summed E-state index contributed by atoms with van der Waals surface area (Å²) in [5, 5.41) is 10.4. The molecule has 2 aliphatic rings. The molecular formula is C24H32N2O2S2. The zero-order valence-electron chi connectivity index (χ0n) is 17.9. The highest BCUT2D eigenvalue weighted by Gasteiger charge is 2.28. The Labute approximate surface area is 189 Å². The molecule has 0 radical (unpaired) electrons. The molecule has 0 bridgehead atoms. The van der Waals surface area contributed by atoms with Crippen LogP contribution in [0.25, 0.3) is 0 Å². The van der Waals surface area contributed by atoms with Crippen LogP contribution in [0.15, 0.2) is 52.3 Å². The Morgan fingerprint density at radius 3 is 2.73 bits per heavy atom. The minimum absolute atomic E-state index is 0.284. The molecule has 4 nitrogen and oxygen atoms in total. The Balaban J connectivity index is 1.47. The van der Waals surface area contributed by atoms with Crippen molar-refractivity contribution in [3.63, 3.8) is 0 Å². The van der Waals surface area contributed by atoms with Gasteiger partial charge in [-0.25, -0.2) is 4.31 Å². The molecule has 1 unspecified atom stereocenters. The molecule has 1 heterocycles. The monoisotopic (exact) mass is 444 g/mol. The van der Waals surface area contributed by atoms with Crippen LogP contribution in [-0.2, 0) is 11.3 Å². The zero-order chi connectivity index (χ0) is 20.9. The lowest BCUT2D eigenvalue weighted by Gasteiger charge is -2.30. The average Bonchev–Trinajstić information content (AvgIpc) is 3.58. The summed E-state index contributed by atoms with van der Waals surface area (Å²) in [4.78, 5) is 4.59. The minimum Gasteiger partial charge on any atom is -0.507 e. The van der Waals surface area contributed by atoms with Gasteiger partial charge < -0.3 is 14.7 Å². The molecule has 6 heteroatoms. The molecule has 1 aliphatic heterocycles. The first-order valence-electron chi connectivity index (χ1n) is 10.8. The number of fused-ring (bicyclic) bond motifs is 1. The second-order valence-corrected chi connectivity index (χ2v) is 10.4. The van der Waals surface area contributed by atoms with E-state index in [-0.39, 0.29) is 6.04 Å². The Morgan fingerprint density at radius 2 is 2.00 bits per heavy atom. The molecule has 2 aromatic rings. The van der Waals surface area contributed by atoms with E-state index in [9.17, 15) is 5.11 Å². The second kappa shape index (κ2) is 10.3. The molecule has 1 fully saturated rings. The number of likely N-dealkylation sites (N-methyl/N-ethyl adjacent to an activating group) is 1. The number of phenols is 1. The summed E-state index contributed by atoms with van der Waals surface area (Å²) in [7, 11) is 2.14. The predicted octanol–water partition coefficient (Wildman–Crippen LogP) is 5.65. The molecule has 0 spiro atoms. The van der Waals surface area contributed by atoms with Gasteiger partial charge in [-0.1, -0.05) is 43.2 Å². The van der Waals surface area contributed by atoms with E-state index in [2.05, 4.69) is 46.6 Å². The number of rotatable bonds is 9. The Morgan fingerprint density at radius 1 is 1.20 bits per heavy atom. The molecule has 0 saturated heterocycles. The molecule has 162 valence electrons. The summed E-state index contributed by atoms with van der Waals surface area (Å²) < 4.78 is 8.41. The van der Waals surface area contributed by atoms with Gasteiger partial charge in [-0.15, -0.1) is 11.8 Å². The predicted molar refractivity (Wildman–Crippen MR) is 128 cm³/mol. The fourth-order valence-electron chi connectivity index (χ4n) is 3.95. The smallest absolute Gasteiger partial charge is 0.130 e. The highest BCUT2D eigenvalue weighted by Crippen LogP contribution is 2.43. The maximum absolute atomic E-state index is 10.4. The molecule has 1 atom stereocenters. The Kier molecular flexibility index (Phi) is 7.52. The summed E-state index contributed by atoms with van der Waals surface area (Å²) in [6.45, 7) is 3.33. The van der Waals surface area contributed by atoms with Crippen LogP contribution in [0.1, 0.15) is 31.2 Å². The quantitative estimate of drug-likeness (QED) is 0.398. The van der Waals surface area contributed by atoms with Crippen LogP contribution in [0.4, 0.5) is 5.69 Å². The van der Waals surface area contributed by atoms with Gasteiger partial charge in [0.15, 0.2) is 0 Å². The van der Waals surface area contributed by atoms with Gasteiger partial charge in [0.25, 0.3) is 0 Å². The van der Waals surface area contributed by atoms with Crippen molar-refractivity contribution in [3.8, 4) is 5.75 Å². The van der Waals surface area contributed by atoms with E-state index in [0.29, 0.717) is 19.0 Å². The Bertz CT molecular complexity index is 829. The van der Waals surface area contributed by atoms with Crippen molar-refractivity contribution in [1.29, 1.82) is 0 Å². The van der Waals surface area contributed by atoms with Crippen molar-refractivity contribution in [1.82, 2.24) is 4.31 Å². The van der Waals surface area contributed by atoms with Gasteiger partial charge >= 0.3 is 0 Å². The number of phenolic OH excluding ortho intramolecular Hbond substituents is 1. The molecule has 4 rings (SSSR count). The molecule has 1 N–H and O–H groups in total. The van der Waals surface area contributed by atoms with Crippen molar-refractivity contribution in [3.05, 3.63) is 48.0 Å². The highest BCUT2D eigenvalue weighted by atomic mass is 32.2. The van der Waals surface area contributed by atoms with Crippen molar-refractivity contribution in [2.24, 2.45) is 5.92 Å². The lowest BCUT2D eigenvalue weighted by Crippen LogP contribution is -2.41. The molecule has 2 aromatic carbocycles. The molecule has 0 amide bonds. The maximum Gasteiger partial charge on any atom is 0.130 e. The number of hydrogen-bond donors (Lipinski definition) is 1. The first-order chi connectivity index (χ1) is 14.6. The van der Waals surface area contributed by atoms with E-state index >= 15 is 0 Å². The number of hydrogen-bond acceptors (Lipinski definition) is 6. The topological polar surface area (TPSA) is 35.9 Å². The molecule has 1 saturated carbocycles. The van der Waals surface area contributed by atoms with Crippen LogP contribution in [0.2, 0.25) is 0 Å². The van der Waals surface area contributed by atoms with Gasteiger partial charge in [-0.3, -0.25) is 0 Å². The number of nitrogens with zero attached hydrogens (tertiary/aromatic N) is 2. The number of ether oxygens (including phenoxy) is 1. The van der Waals surface area contributed by atoms with Gasteiger partial charge in [0.05, 0.1) is 34.7 Å². The summed E-state index contributed by atoms with van der Waals surface area (Å²) in [6, 6.07) is 14.8.